The van der Waals surface area contributed by atoms with Crippen molar-refractivity contribution in [1.82, 2.24) is 62.0 Å². The van der Waals surface area contributed by atoms with Crippen molar-refractivity contribution in [2.75, 3.05) is 108 Å². The number of nitrogens with zero attached hydrogens (tertiary/aromatic N) is 18. The fourth-order valence-electron chi connectivity index (χ4n) is 17.2. The summed E-state index contributed by atoms with van der Waals surface area (Å²) in [5.41, 5.74) is 20.4. The number of nitriles is 2. The molecule has 7 aliphatic heterocycles. The van der Waals surface area contributed by atoms with Crippen molar-refractivity contribution in [1.29, 1.82) is 10.5 Å². The predicted octanol–water partition coefficient (Wildman–Crippen LogP) is 13.3. The van der Waals surface area contributed by atoms with Gasteiger partial charge in [-0.1, -0.05) is 50.2 Å². The van der Waals surface area contributed by atoms with Crippen molar-refractivity contribution in [2.24, 2.45) is 23.7 Å². The van der Waals surface area contributed by atoms with Gasteiger partial charge in [0, 0.05) is 161 Å². The quantitative estimate of drug-likeness (QED) is 0.130. The van der Waals surface area contributed by atoms with Crippen LogP contribution in [0, 0.1) is 52.2 Å². The molecule has 4 fully saturated rings. The average Bonchev–Trinajstić information content (AvgIpc) is 1.62. The van der Waals surface area contributed by atoms with Gasteiger partial charge in [-0.2, -0.15) is 10.5 Å². The minimum absolute atomic E-state index is 0.230. The molecule has 0 saturated carbocycles. The molecule has 0 unspecified atom stereocenters. The van der Waals surface area contributed by atoms with E-state index in [9.17, 15) is 9.50 Å². The number of halogens is 1. The maximum Gasteiger partial charge on any atom is 0.161 e. The summed E-state index contributed by atoms with van der Waals surface area (Å²) in [6.45, 7) is 17.1. The number of imidazole rings is 3. The van der Waals surface area contributed by atoms with Gasteiger partial charge >= 0.3 is 0 Å². The second-order valence-electron chi connectivity index (χ2n) is 30.3. The number of likely N-dealkylation sites (tertiary alicyclic amines) is 1. The first-order chi connectivity index (χ1) is 51.1. The molecule has 19 rings (SSSR count). The van der Waals surface area contributed by atoms with E-state index in [0.717, 1.165) is 169 Å². The van der Waals surface area contributed by atoms with Crippen LogP contribution in [0.2, 0.25) is 0 Å². The normalized spacial score (nSPS) is 19.6. The highest BCUT2D eigenvalue weighted by molar-refractivity contribution is 5.76. The molecule has 0 radical (unpaired) electrons. The molecular formula is C85H87FN18O. The van der Waals surface area contributed by atoms with Crippen molar-refractivity contribution in [2.45, 2.75) is 58.5 Å². The van der Waals surface area contributed by atoms with E-state index >= 15 is 0 Å². The van der Waals surface area contributed by atoms with E-state index in [1.807, 2.05) is 91.6 Å². The molecule has 1 N–H and O–H groups in total. The summed E-state index contributed by atoms with van der Waals surface area (Å²) in [5.74, 6) is 5.82. The number of aliphatic hydroxyl groups is 1. The first-order valence-electron chi connectivity index (χ1n) is 36.9. The van der Waals surface area contributed by atoms with E-state index in [2.05, 4.69) is 207 Å². The monoisotopic (exact) mass is 1390 g/mol. The van der Waals surface area contributed by atoms with Crippen LogP contribution in [0.25, 0.3) is 85.0 Å². The molecule has 5 aromatic carbocycles. The molecule has 6 atom stereocenters. The number of hydrogen-bond acceptors (Lipinski definition) is 13. The van der Waals surface area contributed by atoms with Crippen LogP contribution in [0.15, 0.2) is 195 Å². The molecule has 7 aliphatic rings. The number of anilines is 3. The Bertz CT molecular complexity index is 5260. The number of aliphatic hydroxyl groups excluding tert-OH is 1. The highest BCUT2D eigenvalue weighted by Crippen LogP contribution is 2.41. The summed E-state index contributed by atoms with van der Waals surface area (Å²) in [7, 11) is 8.67. The van der Waals surface area contributed by atoms with Gasteiger partial charge in [0.25, 0.3) is 0 Å². The van der Waals surface area contributed by atoms with E-state index in [0.29, 0.717) is 48.0 Å². The maximum atomic E-state index is 13.5. The molecule has 19 nitrogen and oxygen atoms in total. The lowest BCUT2D eigenvalue weighted by Crippen LogP contribution is -2.34. The second-order valence-corrected chi connectivity index (χ2v) is 30.3. The Morgan fingerprint density at radius 2 is 0.962 bits per heavy atom. The average molecular weight is 1400 g/mol. The summed E-state index contributed by atoms with van der Waals surface area (Å²) >= 11 is 0. The fourth-order valence-corrected chi connectivity index (χ4v) is 17.2. The highest BCUT2D eigenvalue weighted by Gasteiger charge is 2.36. The van der Waals surface area contributed by atoms with Gasteiger partial charge in [-0.3, -0.25) is 13.7 Å². The molecule has 530 valence electrons. The minimum Gasteiger partial charge on any atom is -0.391 e. The first kappa shape index (κ1) is 67.1. The summed E-state index contributed by atoms with van der Waals surface area (Å²) < 4.78 is 26.8. The second kappa shape index (κ2) is 27.8. The lowest BCUT2D eigenvalue weighted by atomic mass is 9.98. The summed E-state index contributed by atoms with van der Waals surface area (Å²) in [4.78, 5) is 33.7. The van der Waals surface area contributed by atoms with Crippen LogP contribution in [0.1, 0.15) is 54.6 Å². The first-order valence-corrected chi connectivity index (χ1v) is 36.9. The Kier molecular flexibility index (Phi) is 17.8. The smallest absolute Gasteiger partial charge is 0.161 e. The Morgan fingerprint density at radius 3 is 1.46 bits per heavy atom. The lowest BCUT2D eigenvalue weighted by molar-refractivity contribution is 0.123. The molecular weight excluding hydrogens is 1310 g/mol. The summed E-state index contributed by atoms with van der Waals surface area (Å²) in [5, 5.41) is 29.1. The third-order valence-corrected chi connectivity index (χ3v) is 22.8. The number of β-amino-alcohol motifs (C(OH)–C–C–N with tert-alkyl or cyclic N) is 1. The van der Waals surface area contributed by atoms with Crippen LogP contribution in [-0.4, -0.2) is 173 Å². The van der Waals surface area contributed by atoms with Gasteiger partial charge in [0.15, 0.2) is 17.5 Å². The maximum absolute atomic E-state index is 13.5. The van der Waals surface area contributed by atoms with Gasteiger partial charge in [-0.15, -0.1) is 0 Å². The van der Waals surface area contributed by atoms with Crippen molar-refractivity contribution in [3.05, 3.63) is 229 Å². The largest absolute Gasteiger partial charge is 0.391 e. The fraction of sp³-hybridized carbons (Fsp3) is 0.318. The number of likely N-dealkylation sites (N-methyl/N-ethyl adjacent to an activating group) is 1. The third kappa shape index (κ3) is 13.0. The Hall–Kier alpha value is -11.1. The van der Waals surface area contributed by atoms with E-state index in [1.54, 1.807) is 0 Å². The number of pyridine rings is 1. The Labute approximate surface area is 612 Å². The number of rotatable bonds is 11. The standard InChI is InChI=1S/C29H30FN5O.C28H29N7.C28H28N6/c30-24-5-3-20(4-6-24)21-14-27-29-31-9-12-35(29)26-8-7-25(13-22(26)17-34(27)16-21)33-18-23(28(36)19-33)15-32-10-1-2-11-32;1-19-14-34(17-23(19)15-32(2)3)27-9-8-25-24(31-27)18-33-16-22(21-6-4-20(13-29)5-7-21)12-26(33)28-30-10-11-35(25)28;1-19-15-32(18-27(19)31(2)3)24-8-9-25-23(12-24)17-33-16-22(21-6-4-20(14-29)5-7-21)13-26(33)28-30-10-11-34(25)28/h3-9,12-14,16,23,28,36H,1-2,10-11,15,17-19H2;4-12,16,19,23H,14-15,17-18H2,1-3H3;4-13,16,19,27H,15,17-18H2,1-3H3/t23-,28-;19-,23-;19-,27-/m000/s1. The zero-order valence-corrected chi connectivity index (χ0v) is 60.4. The van der Waals surface area contributed by atoms with E-state index < -0.39 is 0 Å². The number of aromatic nitrogens is 10. The Balaban J connectivity index is 0.000000116. The van der Waals surface area contributed by atoms with Crippen LogP contribution in [-0.2, 0) is 19.6 Å². The van der Waals surface area contributed by atoms with Crippen molar-refractivity contribution >= 4 is 17.2 Å². The van der Waals surface area contributed by atoms with Gasteiger partial charge in [-0.25, -0.2) is 24.3 Å². The number of fused-ring (bicyclic) bond motifs is 15. The molecule has 0 bridgehead atoms. The molecule has 0 spiro atoms. The summed E-state index contributed by atoms with van der Waals surface area (Å²) in [6, 6.07) is 51.5. The van der Waals surface area contributed by atoms with Gasteiger partial charge in [0.2, 0.25) is 0 Å². The topological polar surface area (TPSA) is 168 Å². The van der Waals surface area contributed by atoms with Crippen molar-refractivity contribution in [3.63, 3.8) is 0 Å². The minimum atomic E-state index is -0.293. The van der Waals surface area contributed by atoms with Crippen molar-refractivity contribution in [3.8, 4) is 97.1 Å². The number of hydrogen-bond donors (Lipinski definition) is 1. The zero-order chi connectivity index (χ0) is 71.7. The van der Waals surface area contributed by atoms with E-state index in [-0.39, 0.29) is 17.8 Å². The van der Waals surface area contributed by atoms with Crippen LogP contribution < -0.4 is 14.7 Å². The van der Waals surface area contributed by atoms with Gasteiger partial charge < -0.3 is 48.2 Å². The molecule has 0 amide bonds. The summed E-state index contributed by atoms with van der Waals surface area (Å²) in [6.07, 6.45) is 20.4. The highest BCUT2D eigenvalue weighted by atomic mass is 19.1. The van der Waals surface area contributed by atoms with Crippen LogP contribution in [0.3, 0.4) is 0 Å². The molecule has 14 heterocycles. The third-order valence-electron chi connectivity index (χ3n) is 22.8. The molecule has 105 heavy (non-hydrogen) atoms. The van der Waals surface area contributed by atoms with Crippen LogP contribution in [0.5, 0.6) is 0 Å². The van der Waals surface area contributed by atoms with Gasteiger partial charge in [0.05, 0.1) is 75.8 Å². The van der Waals surface area contributed by atoms with Crippen molar-refractivity contribution < 1.29 is 9.50 Å². The predicted molar refractivity (Wildman–Crippen MR) is 411 cm³/mol. The molecule has 20 heteroatoms. The molecule has 7 aromatic heterocycles. The van der Waals surface area contributed by atoms with Crippen LogP contribution >= 0.6 is 0 Å². The zero-order valence-electron chi connectivity index (χ0n) is 60.4. The lowest BCUT2D eigenvalue weighted by Gasteiger charge is -2.23. The van der Waals surface area contributed by atoms with Crippen LogP contribution in [0.4, 0.5) is 21.6 Å². The van der Waals surface area contributed by atoms with E-state index in [4.69, 9.17) is 25.5 Å². The molecule has 4 saturated heterocycles. The van der Waals surface area contributed by atoms with Gasteiger partial charge in [0.1, 0.15) is 11.6 Å². The SMILES string of the molecule is C[C@H]1CN(c2ccc3c(c2)Cn2cc(-c4ccc(C#N)cc4)cc2-c2nccn2-3)C[C@@H]1N(C)C.C[C@H]1CN(c2ccc3c(n2)Cn2cc(-c4ccc(C#N)cc4)cc2-c2nccn2-3)C[C@@H]1CN(C)C.O[C@H]1CN(c2ccc3c(c2)Cn2cc(-c4ccc(F)cc4)cc2-c2nccn2-3)C[C@@H]1CN1CCCC1. The Morgan fingerprint density at radius 1 is 0.495 bits per heavy atom. The van der Waals surface area contributed by atoms with E-state index in [1.165, 1.54) is 47.5 Å². The molecule has 12 aromatic rings. The number of benzene rings is 5. The van der Waals surface area contributed by atoms with Gasteiger partial charge in [-0.05, 0) is 203 Å². The molecule has 0 aliphatic carbocycles.